The molecule has 6 nitrogen and oxygen atoms in total. The van der Waals surface area contributed by atoms with Gasteiger partial charge in [-0.2, -0.15) is 5.10 Å². The van der Waals surface area contributed by atoms with Crippen molar-refractivity contribution in [2.45, 2.75) is 25.7 Å². The molecule has 0 saturated carbocycles. The van der Waals surface area contributed by atoms with E-state index in [1.54, 1.807) is 6.20 Å². The molecule has 0 atom stereocenters. The maximum Gasteiger partial charge on any atom is 0.270 e. The molecule has 1 fully saturated rings. The van der Waals surface area contributed by atoms with Gasteiger partial charge in [-0.3, -0.25) is 9.89 Å². The Balaban J connectivity index is 2.08. The molecular weight excluding hydrogens is 280 g/mol. The zero-order valence-corrected chi connectivity index (χ0v) is 11.8. The largest absolute Gasteiger partial charge is 0.381 e. The number of rotatable bonds is 2. The molecule has 106 valence electrons. The van der Waals surface area contributed by atoms with Crippen LogP contribution in [0.3, 0.4) is 0 Å². The van der Waals surface area contributed by atoms with Gasteiger partial charge in [0, 0.05) is 24.8 Å². The van der Waals surface area contributed by atoms with E-state index in [1.165, 1.54) is 0 Å². The van der Waals surface area contributed by atoms with Crippen LogP contribution in [-0.2, 0) is 4.74 Å². The van der Waals surface area contributed by atoms with Crippen molar-refractivity contribution in [2.75, 3.05) is 13.2 Å². The number of aryl methyl sites for hydroxylation is 1. The molecule has 3 rings (SSSR count). The molecule has 7 heteroatoms. The minimum absolute atomic E-state index is 0.171. The Morgan fingerprint density at radius 2 is 2.15 bits per heavy atom. The first-order chi connectivity index (χ1) is 9.66. The lowest BCUT2D eigenvalue weighted by atomic mass is 9.96. The number of aromatic nitrogens is 4. The summed E-state index contributed by atoms with van der Waals surface area (Å²) >= 11 is 6.13. The van der Waals surface area contributed by atoms with E-state index in [4.69, 9.17) is 16.3 Å². The predicted molar refractivity (Wildman–Crippen MR) is 75.0 cm³/mol. The maximum absolute atomic E-state index is 12.0. The highest BCUT2D eigenvalue weighted by Crippen LogP contribution is 2.30. The van der Waals surface area contributed by atoms with E-state index in [-0.39, 0.29) is 16.5 Å². The third-order valence-electron chi connectivity index (χ3n) is 3.58. The zero-order chi connectivity index (χ0) is 14.1. The highest BCUT2D eigenvalue weighted by Gasteiger charge is 2.23. The lowest BCUT2D eigenvalue weighted by Crippen LogP contribution is -2.20. The van der Waals surface area contributed by atoms with E-state index in [9.17, 15) is 4.79 Å². The SMILES string of the molecule is Cc1[nH]ncc1-c1nc(C2CCOCC2)c(Cl)c(=O)[nH]1. The van der Waals surface area contributed by atoms with Gasteiger partial charge in [0.2, 0.25) is 0 Å². The summed E-state index contributed by atoms with van der Waals surface area (Å²) in [5, 5.41) is 6.97. The number of aromatic amines is 2. The molecule has 1 aliphatic rings. The van der Waals surface area contributed by atoms with Crippen LogP contribution in [0.25, 0.3) is 11.4 Å². The molecule has 3 heterocycles. The molecule has 0 aromatic carbocycles. The van der Waals surface area contributed by atoms with Gasteiger partial charge in [-0.25, -0.2) is 4.98 Å². The summed E-state index contributed by atoms with van der Waals surface area (Å²) in [6, 6.07) is 0. The minimum atomic E-state index is -0.307. The average Bonchev–Trinajstić information content (AvgIpc) is 2.89. The Hall–Kier alpha value is -1.66. The lowest BCUT2D eigenvalue weighted by Gasteiger charge is -2.22. The van der Waals surface area contributed by atoms with E-state index in [1.807, 2.05) is 6.92 Å². The van der Waals surface area contributed by atoms with Gasteiger partial charge < -0.3 is 9.72 Å². The monoisotopic (exact) mass is 294 g/mol. The molecule has 20 heavy (non-hydrogen) atoms. The zero-order valence-electron chi connectivity index (χ0n) is 11.1. The fraction of sp³-hybridized carbons (Fsp3) is 0.462. The second-order valence-corrected chi connectivity index (χ2v) is 5.29. The van der Waals surface area contributed by atoms with E-state index >= 15 is 0 Å². The van der Waals surface area contributed by atoms with Gasteiger partial charge in [-0.15, -0.1) is 0 Å². The Kier molecular flexibility index (Phi) is 3.58. The van der Waals surface area contributed by atoms with Crippen LogP contribution in [0.5, 0.6) is 0 Å². The number of ether oxygens (including phenoxy) is 1. The quantitative estimate of drug-likeness (QED) is 0.887. The number of H-pyrrole nitrogens is 2. The maximum atomic E-state index is 12.0. The Morgan fingerprint density at radius 1 is 1.40 bits per heavy atom. The summed E-state index contributed by atoms with van der Waals surface area (Å²) in [6.45, 7) is 3.23. The predicted octanol–water partition coefficient (Wildman–Crippen LogP) is 2.02. The van der Waals surface area contributed by atoms with Crippen molar-refractivity contribution in [2.24, 2.45) is 0 Å². The van der Waals surface area contributed by atoms with Gasteiger partial charge >= 0.3 is 0 Å². The number of nitrogens with one attached hydrogen (secondary N) is 2. The topological polar surface area (TPSA) is 83.7 Å². The minimum Gasteiger partial charge on any atom is -0.381 e. The summed E-state index contributed by atoms with van der Waals surface area (Å²) in [5.74, 6) is 0.677. The van der Waals surface area contributed by atoms with Crippen LogP contribution in [0.2, 0.25) is 5.02 Å². The van der Waals surface area contributed by atoms with Gasteiger partial charge in [0.15, 0.2) is 0 Å². The van der Waals surface area contributed by atoms with Gasteiger partial charge in [-0.05, 0) is 19.8 Å². The number of hydrogen-bond acceptors (Lipinski definition) is 4. The molecule has 0 amide bonds. The van der Waals surface area contributed by atoms with Gasteiger partial charge in [0.25, 0.3) is 5.56 Å². The van der Waals surface area contributed by atoms with Gasteiger partial charge in [0.1, 0.15) is 10.8 Å². The fourth-order valence-electron chi connectivity index (χ4n) is 2.43. The van der Waals surface area contributed by atoms with Crippen molar-refractivity contribution in [1.82, 2.24) is 20.2 Å². The Labute approximate surface area is 120 Å². The summed E-state index contributed by atoms with van der Waals surface area (Å²) in [4.78, 5) is 19.3. The summed E-state index contributed by atoms with van der Waals surface area (Å²) in [5.41, 5.74) is 1.99. The van der Waals surface area contributed by atoms with Crippen LogP contribution in [0.4, 0.5) is 0 Å². The number of hydrogen-bond donors (Lipinski definition) is 2. The van der Waals surface area contributed by atoms with Crippen LogP contribution in [0, 0.1) is 6.92 Å². The molecule has 0 aliphatic carbocycles. The van der Waals surface area contributed by atoms with Crippen molar-refractivity contribution in [1.29, 1.82) is 0 Å². The summed E-state index contributed by atoms with van der Waals surface area (Å²) < 4.78 is 5.34. The third-order valence-corrected chi connectivity index (χ3v) is 3.95. The molecule has 1 aliphatic heterocycles. The second-order valence-electron chi connectivity index (χ2n) is 4.91. The van der Waals surface area contributed by atoms with Crippen molar-refractivity contribution in [3.63, 3.8) is 0 Å². The normalized spacial score (nSPS) is 16.5. The molecule has 0 radical (unpaired) electrons. The van der Waals surface area contributed by atoms with Crippen LogP contribution in [0.15, 0.2) is 11.0 Å². The highest BCUT2D eigenvalue weighted by molar-refractivity contribution is 6.31. The average molecular weight is 295 g/mol. The molecule has 0 bridgehead atoms. The van der Waals surface area contributed by atoms with Crippen LogP contribution in [0.1, 0.15) is 30.1 Å². The van der Waals surface area contributed by atoms with Gasteiger partial charge in [-0.1, -0.05) is 11.6 Å². The lowest BCUT2D eigenvalue weighted by molar-refractivity contribution is 0.0845. The van der Waals surface area contributed by atoms with Crippen LogP contribution >= 0.6 is 11.6 Å². The van der Waals surface area contributed by atoms with Crippen molar-refractivity contribution < 1.29 is 4.74 Å². The van der Waals surface area contributed by atoms with Crippen molar-refractivity contribution in [3.8, 4) is 11.4 Å². The number of halogens is 1. The number of nitrogens with zero attached hydrogens (tertiary/aromatic N) is 2. The molecule has 0 unspecified atom stereocenters. The smallest absolute Gasteiger partial charge is 0.270 e. The van der Waals surface area contributed by atoms with E-state index in [0.29, 0.717) is 24.7 Å². The first-order valence-electron chi connectivity index (χ1n) is 6.54. The van der Waals surface area contributed by atoms with Crippen molar-refractivity contribution >= 4 is 11.6 Å². The second kappa shape index (κ2) is 5.38. The standard InChI is InChI=1S/C13H15ClN4O2/c1-7-9(6-15-18-7)12-16-11(10(14)13(19)17-12)8-2-4-20-5-3-8/h6,8H,2-5H2,1H3,(H,15,18)(H,16,17,19). The molecule has 2 N–H and O–H groups in total. The summed E-state index contributed by atoms with van der Waals surface area (Å²) in [7, 11) is 0. The van der Waals surface area contributed by atoms with Crippen LogP contribution in [-0.4, -0.2) is 33.4 Å². The first kappa shape index (κ1) is 13.3. The summed E-state index contributed by atoms with van der Waals surface area (Å²) in [6.07, 6.45) is 3.31. The van der Waals surface area contributed by atoms with Gasteiger partial charge in [0.05, 0.1) is 17.5 Å². The molecule has 2 aromatic heterocycles. The first-order valence-corrected chi connectivity index (χ1v) is 6.92. The third kappa shape index (κ3) is 2.36. The van der Waals surface area contributed by atoms with Crippen LogP contribution < -0.4 is 5.56 Å². The Morgan fingerprint density at radius 3 is 2.80 bits per heavy atom. The molecule has 2 aromatic rings. The molecular formula is C13H15ClN4O2. The molecule has 0 spiro atoms. The highest BCUT2D eigenvalue weighted by atomic mass is 35.5. The van der Waals surface area contributed by atoms with E-state index in [0.717, 1.165) is 24.1 Å². The molecule has 1 saturated heterocycles. The van der Waals surface area contributed by atoms with E-state index in [2.05, 4.69) is 20.2 Å². The fourth-order valence-corrected chi connectivity index (χ4v) is 2.68. The van der Waals surface area contributed by atoms with E-state index < -0.39 is 0 Å². The Bertz CT molecular complexity index is 673. The van der Waals surface area contributed by atoms with Crippen molar-refractivity contribution in [3.05, 3.63) is 33.0 Å².